The fraction of sp³-hybridized carbons (Fsp3) is 0.364. The summed E-state index contributed by atoms with van der Waals surface area (Å²) in [4.78, 5) is 31.2. The Hall–Kier alpha value is -4.73. The molecule has 10 nitrogen and oxygen atoms in total. The molecule has 10 heteroatoms. The zero-order chi connectivity index (χ0) is 30.1. The Morgan fingerprint density at radius 3 is 0.884 bits per heavy atom. The van der Waals surface area contributed by atoms with Gasteiger partial charge in [-0.25, -0.2) is 15.0 Å². The summed E-state index contributed by atoms with van der Waals surface area (Å²) in [7, 11) is 12.6. The van der Waals surface area contributed by atoms with E-state index >= 15 is 0 Å². The Kier molecular flexibility index (Phi) is 7.84. The molecule has 0 radical (unpaired) electrons. The van der Waals surface area contributed by atoms with Crippen molar-refractivity contribution in [2.24, 2.45) is 15.0 Å². The van der Waals surface area contributed by atoms with Crippen LogP contribution in [-0.4, -0.2) is 129 Å². The molecule has 3 heterocycles. The summed E-state index contributed by atoms with van der Waals surface area (Å²) in [5.41, 5.74) is 5.54. The molecule has 3 aromatic rings. The lowest BCUT2D eigenvalue weighted by Crippen LogP contribution is -2.28. The minimum absolute atomic E-state index is 0.883. The predicted octanol–water partition coefficient (Wildman–Crippen LogP) is 4.75. The van der Waals surface area contributed by atoms with Crippen molar-refractivity contribution in [2.75, 3.05) is 86.5 Å². The molecule has 3 aliphatic heterocycles. The number of aliphatic imine (C=N–C) groups is 3. The normalized spacial score (nSPS) is 17.0. The molecule has 3 aromatic carbocycles. The van der Waals surface area contributed by atoms with Crippen LogP contribution in [0.1, 0.15) is 0 Å². The van der Waals surface area contributed by atoms with Gasteiger partial charge in [0.05, 0.1) is 34.1 Å². The van der Waals surface area contributed by atoms with Crippen LogP contribution in [0.4, 0.5) is 34.1 Å². The minimum Gasteiger partial charge on any atom is -0.344 e. The second-order valence-electron chi connectivity index (χ2n) is 11.6. The first-order chi connectivity index (χ1) is 20.8. The first kappa shape index (κ1) is 28.4. The van der Waals surface area contributed by atoms with Gasteiger partial charge in [-0.15, -0.1) is 0 Å². The maximum absolute atomic E-state index is 5.23. The molecule has 0 aliphatic carbocycles. The fourth-order valence-corrected chi connectivity index (χ4v) is 5.84. The SMILES string of the molecule is CN1CCN(C)C1=Nc1ccccc1N(c1ccccc1N=C1N(C)CCN1C)c1ccccc1N=C1N(C)CCN1C. The number of hydrogen-bond donors (Lipinski definition) is 0. The highest BCUT2D eigenvalue weighted by atomic mass is 15.4. The molecular formula is C33H42N10. The van der Waals surface area contributed by atoms with Crippen molar-refractivity contribution >= 4 is 52.0 Å². The Bertz CT molecular complexity index is 1340. The Morgan fingerprint density at radius 2 is 0.628 bits per heavy atom. The predicted molar refractivity (Wildman–Crippen MR) is 178 cm³/mol. The fourth-order valence-electron chi connectivity index (χ4n) is 5.84. The van der Waals surface area contributed by atoms with Gasteiger partial charge in [-0.1, -0.05) is 36.4 Å². The largest absolute Gasteiger partial charge is 0.344 e. The van der Waals surface area contributed by atoms with E-state index in [-0.39, 0.29) is 0 Å². The molecule has 0 amide bonds. The van der Waals surface area contributed by atoms with Crippen molar-refractivity contribution in [3.8, 4) is 0 Å². The zero-order valence-electron chi connectivity index (χ0n) is 26.1. The number of nitrogens with zero attached hydrogens (tertiary/aromatic N) is 10. The highest BCUT2D eigenvalue weighted by Gasteiger charge is 2.27. The van der Waals surface area contributed by atoms with E-state index in [2.05, 4.69) is 149 Å². The Balaban J connectivity index is 1.58. The lowest BCUT2D eigenvalue weighted by molar-refractivity contribution is 0.553. The number of benzene rings is 3. The third kappa shape index (κ3) is 5.57. The van der Waals surface area contributed by atoms with Gasteiger partial charge in [0.15, 0.2) is 0 Å². The Morgan fingerprint density at radius 1 is 0.395 bits per heavy atom. The summed E-state index contributed by atoms with van der Waals surface area (Å²) in [5, 5.41) is 0. The summed E-state index contributed by atoms with van der Waals surface area (Å²) in [6, 6.07) is 25.1. The summed E-state index contributed by atoms with van der Waals surface area (Å²) < 4.78 is 0. The maximum Gasteiger partial charge on any atom is 0.201 e. The third-order valence-corrected chi connectivity index (χ3v) is 8.39. The molecule has 0 aromatic heterocycles. The van der Waals surface area contributed by atoms with Gasteiger partial charge in [0.1, 0.15) is 0 Å². The number of anilines is 3. The molecule has 0 atom stereocenters. The van der Waals surface area contributed by atoms with Gasteiger partial charge >= 0.3 is 0 Å². The summed E-state index contributed by atoms with van der Waals surface area (Å²) >= 11 is 0. The van der Waals surface area contributed by atoms with Crippen LogP contribution in [0.5, 0.6) is 0 Å². The number of para-hydroxylation sites is 6. The first-order valence-electron chi connectivity index (χ1n) is 14.9. The molecule has 6 rings (SSSR count). The topological polar surface area (TPSA) is 59.8 Å². The van der Waals surface area contributed by atoms with Gasteiger partial charge < -0.3 is 34.3 Å². The molecule has 0 spiro atoms. The maximum atomic E-state index is 5.23. The lowest BCUT2D eigenvalue weighted by atomic mass is 10.1. The van der Waals surface area contributed by atoms with Crippen LogP contribution in [0.2, 0.25) is 0 Å². The van der Waals surface area contributed by atoms with E-state index in [1.807, 2.05) is 0 Å². The van der Waals surface area contributed by atoms with Gasteiger partial charge in [-0.2, -0.15) is 0 Å². The molecule has 43 heavy (non-hydrogen) atoms. The van der Waals surface area contributed by atoms with Gasteiger partial charge in [0.25, 0.3) is 0 Å². The molecular weight excluding hydrogens is 536 g/mol. The van der Waals surface area contributed by atoms with Gasteiger partial charge in [-0.3, -0.25) is 0 Å². The van der Waals surface area contributed by atoms with Crippen molar-refractivity contribution in [1.82, 2.24) is 29.4 Å². The van der Waals surface area contributed by atoms with Crippen LogP contribution in [0.3, 0.4) is 0 Å². The molecule has 0 N–H and O–H groups in total. The minimum atomic E-state index is 0.883. The van der Waals surface area contributed by atoms with E-state index in [0.717, 1.165) is 91.3 Å². The van der Waals surface area contributed by atoms with Crippen LogP contribution in [-0.2, 0) is 0 Å². The standard InChI is InChI=1S/C33H42N10/c1-37-19-20-38(2)31(37)34-25-13-7-10-16-28(25)43(29-17-11-8-14-26(29)35-32-39(3)21-22-40(32)4)30-18-12-9-15-27(30)36-33-41(5)23-24-42(33)6/h7-18H,19-24H2,1-6H3. The van der Waals surface area contributed by atoms with Crippen LogP contribution in [0, 0.1) is 0 Å². The van der Waals surface area contributed by atoms with Gasteiger partial charge in [-0.05, 0) is 36.4 Å². The number of rotatable bonds is 6. The monoisotopic (exact) mass is 578 g/mol. The second kappa shape index (κ2) is 11.9. The molecule has 0 saturated carbocycles. The average molecular weight is 579 g/mol. The van der Waals surface area contributed by atoms with E-state index in [4.69, 9.17) is 15.0 Å². The summed E-state index contributed by atoms with van der Waals surface area (Å²) in [6.07, 6.45) is 0. The Labute approximate surface area is 255 Å². The van der Waals surface area contributed by atoms with E-state index in [9.17, 15) is 0 Å². The molecule has 224 valence electrons. The molecule has 3 saturated heterocycles. The van der Waals surface area contributed by atoms with Crippen molar-refractivity contribution in [3.05, 3.63) is 72.8 Å². The van der Waals surface area contributed by atoms with Crippen LogP contribution < -0.4 is 4.90 Å². The van der Waals surface area contributed by atoms with Gasteiger partial charge in [0.2, 0.25) is 17.9 Å². The lowest BCUT2D eigenvalue weighted by Gasteiger charge is -2.30. The van der Waals surface area contributed by atoms with Crippen LogP contribution >= 0.6 is 0 Å². The molecule has 0 bridgehead atoms. The van der Waals surface area contributed by atoms with Crippen molar-refractivity contribution in [3.63, 3.8) is 0 Å². The van der Waals surface area contributed by atoms with Gasteiger partial charge in [0, 0.05) is 81.6 Å². The van der Waals surface area contributed by atoms with E-state index in [1.54, 1.807) is 0 Å². The van der Waals surface area contributed by atoms with Crippen molar-refractivity contribution in [2.45, 2.75) is 0 Å². The van der Waals surface area contributed by atoms with E-state index < -0.39 is 0 Å². The molecule has 3 fully saturated rings. The summed E-state index contributed by atoms with van der Waals surface area (Å²) in [6.45, 7) is 5.69. The number of guanidine groups is 3. The first-order valence-corrected chi connectivity index (χ1v) is 14.9. The zero-order valence-corrected chi connectivity index (χ0v) is 26.1. The van der Waals surface area contributed by atoms with E-state index in [1.165, 1.54) is 0 Å². The smallest absolute Gasteiger partial charge is 0.201 e. The van der Waals surface area contributed by atoms with Crippen LogP contribution in [0.15, 0.2) is 87.8 Å². The van der Waals surface area contributed by atoms with Crippen LogP contribution in [0.25, 0.3) is 0 Å². The van der Waals surface area contributed by atoms with E-state index in [0.29, 0.717) is 0 Å². The average Bonchev–Trinajstić information content (AvgIpc) is 3.63. The highest BCUT2D eigenvalue weighted by molar-refractivity contribution is 5.97. The molecule has 0 unspecified atom stereocenters. The quantitative estimate of drug-likeness (QED) is 0.419. The second-order valence-corrected chi connectivity index (χ2v) is 11.6. The highest BCUT2D eigenvalue weighted by Crippen LogP contribution is 2.47. The number of likely N-dealkylation sites (N-methyl/N-ethyl adjacent to an activating group) is 6. The third-order valence-electron chi connectivity index (χ3n) is 8.39. The van der Waals surface area contributed by atoms with Crippen molar-refractivity contribution < 1.29 is 0 Å². The summed E-state index contributed by atoms with van der Waals surface area (Å²) in [5.74, 6) is 2.87. The van der Waals surface area contributed by atoms with Crippen molar-refractivity contribution in [1.29, 1.82) is 0 Å². The molecule has 3 aliphatic rings. The number of hydrogen-bond acceptors (Lipinski definition) is 4.